The zero-order valence-electron chi connectivity index (χ0n) is 11.4. The number of hydrogen-bond acceptors (Lipinski definition) is 1. The standard InChI is InChI=1S/C18H16ClN/c1-12-6-7-13-4-2-3-5-16(13)18(12)17-10-15(19)9-8-14(17)11-20/h2-10H,11,20H2,1H3. The summed E-state index contributed by atoms with van der Waals surface area (Å²) >= 11 is 6.19. The molecule has 100 valence electrons. The number of rotatable bonds is 2. The molecule has 0 atom stereocenters. The van der Waals surface area contributed by atoms with Crippen molar-refractivity contribution in [3.8, 4) is 11.1 Å². The van der Waals surface area contributed by atoms with E-state index in [4.69, 9.17) is 17.3 Å². The first-order valence-corrected chi connectivity index (χ1v) is 7.05. The summed E-state index contributed by atoms with van der Waals surface area (Å²) in [4.78, 5) is 0. The van der Waals surface area contributed by atoms with E-state index in [0.29, 0.717) is 6.54 Å². The van der Waals surface area contributed by atoms with Gasteiger partial charge in [0, 0.05) is 11.6 Å². The minimum atomic E-state index is 0.509. The average Bonchev–Trinajstić information content (AvgIpc) is 2.47. The molecule has 20 heavy (non-hydrogen) atoms. The van der Waals surface area contributed by atoms with Crippen LogP contribution in [0.15, 0.2) is 54.6 Å². The van der Waals surface area contributed by atoms with Crippen molar-refractivity contribution in [3.63, 3.8) is 0 Å². The lowest BCUT2D eigenvalue weighted by Gasteiger charge is -2.14. The SMILES string of the molecule is Cc1ccc2ccccc2c1-c1cc(Cl)ccc1CN. The lowest BCUT2D eigenvalue weighted by atomic mass is 9.91. The van der Waals surface area contributed by atoms with Gasteiger partial charge >= 0.3 is 0 Å². The summed E-state index contributed by atoms with van der Waals surface area (Å²) in [7, 11) is 0. The average molecular weight is 282 g/mol. The van der Waals surface area contributed by atoms with Gasteiger partial charge in [0.2, 0.25) is 0 Å². The largest absolute Gasteiger partial charge is 0.326 e. The van der Waals surface area contributed by atoms with Crippen LogP contribution in [0.5, 0.6) is 0 Å². The van der Waals surface area contributed by atoms with Gasteiger partial charge in [-0.3, -0.25) is 0 Å². The number of benzene rings is 3. The van der Waals surface area contributed by atoms with Crippen LogP contribution in [0.4, 0.5) is 0 Å². The highest BCUT2D eigenvalue weighted by Crippen LogP contribution is 2.35. The fourth-order valence-electron chi connectivity index (χ4n) is 2.70. The minimum Gasteiger partial charge on any atom is -0.326 e. The number of nitrogens with two attached hydrogens (primary N) is 1. The molecule has 0 fully saturated rings. The number of halogens is 1. The van der Waals surface area contributed by atoms with Crippen molar-refractivity contribution in [1.29, 1.82) is 0 Å². The first kappa shape index (κ1) is 13.2. The first-order chi connectivity index (χ1) is 9.70. The number of aryl methyl sites for hydroxylation is 1. The topological polar surface area (TPSA) is 26.0 Å². The highest BCUT2D eigenvalue weighted by Gasteiger charge is 2.11. The Balaban J connectivity index is 2.40. The number of hydrogen-bond donors (Lipinski definition) is 1. The van der Waals surface area contributed by atoms with E-state index in [-0.39, 0.29) is 0 Å². The molecule has 1 nitrogen and oxygen atoms in total. The van der Waals surface area contributed by atoms with Crippen molar-refractivity contribution in [2.24, 2.45) is 5.73 Å². The molecule has 3 aromatic carbocycles. The van der Waals surface area contributed by atoms with Gasteiger partial charge in [0.15, 0.2) is 0 Å². The van der Waals surface area contributed by atoms with Crippen molar-refractivity contribution in [1.82, 2.24) is 0 Å². The smallest absolute Gasteiger partial charge is 0.0412 e. The van der Waals surface area contributed by atoms with E-state index in [0.717, 1.165) is 16.1 Å². The van der Waals surface area contributed by atoms with E-state index in [1.54, 1.807) is 0 Å². The van der Waals surface area contributed by atoms with Crippen LogP contribution in [0, 0.1) is 6.92 Å². The first-order valence-electron chi connectivity index (χ1n) is 6.68. The maximum absolute atomic E-state index is 6.19. The Morgan fingerprint density at radius 2 is 1.80 bits per heavy atom. The maximum atomic E-state index is 6.19. The molecule has 0 aliphatic carbocycles. The van der Waals surface area contributed by atoms with Gasteiger partial charge in [-0.15, -0.1) is 0 Å². The van der Waals surface area contributed by atoms with Crippen LogP contribution in [0.25, 0.3) is 21.9 Å². The van der Waals surface area contributed by atoms with E-state index >= 15 is 0 Å². The van der Waals surface area contributed by atoms with E-state index < -0.39 is 0 Å². The highest BCUT2D eigenvalue weighted by atomic mass is 35.5. The molecule has 3 aromatic rings. The molecule has 2 N–H and O–H groups in total. The van der Waals surface area contributed by atoms with Crippen molar-refractivity contribution < 1.29 is 0 Å². The zero-order chi connectivity index (χ0) is 14.1. The highest BCUT2D eigenvalue weighted by molar-refractivity contribution is 6.31. The van der Waals surface area contributed by atoms with Gasteiger partial charge in [0.1, 0.15) is 0 Å². The Morgan fingerprint density at radius 1 is 1.00 bits per heavy atom. The Hall–Kier alpha value is -1.83. The van der Waals surface area contributed by atoms with Crippen LogP contribution in [0.1, 0.15) is 11.1 Å². The van der Waals surface area contributed by atoms with Crippen molar-refractivity contribution in [2.45, 2.75) is 13.5 Å². The van der Waals surface area contributed by atoms with Crippen LogP contribution in [-0.2, 0) is 6.54 Å². The summed E-state index contributed by atoms with van der Waals surface area (Å²) < 4.78 is 0. The predicted molar refractivity (Wildman–Crippen MR) is 87.0 cm³/mol. The van der Waals surface area contributed by atoms with Gasteiger partial charge in [-0.1, -0.05) is 54.1 Å². The van der Waals surface area contributed by atoms with E-state index in [9.17, 15) is 0 Å². The monoisotopic (exact) mass is 281 g/mol. The summed E-state index contributed by atoms with van der Waals surface area (Å²) in [5, 5.41) is 3.21. The third kappa shape index (κ3) is 2.20. The second-order valence-electron chi connectivity index (χ2n) is 4.98. The van der Waals surface area contributed by atoms with E-state index in [1.807, 2.05) is 18.2 Å². The summed E-state index contributed by atoms with van der Waals surface area (Å²) in [6.45, 7) is 2.64. The minimum absolute atomic E-state index is 0.509. The van der Waals surface area contributed by atoms with E-state index in [1.165, 1.54) is 21.9 Å². The molecule has 0 heterocycles. The third-order valence-electron chi connectivity index (χ3n) is 3.70. The molecule has 3 rings (SSSR count). The second kappa shape index (κ2) is 5.28. The molecule has 0 saturated carbocycles. The molecular weight excluding hydrogens is 266 g/mol. The number of fused-ring (bicyclic) bond motifs is 1. The molecule has 0 aliphatic rings. The van der Waals surface area contributed by atoms with Crippen molar-refractivity contribution >= 4 is 22.4 Å². The molecule has 0 saturated heterocycles. The van der Waals surface area contributed by atoms with Crippen LogP contribution in [-0.4, -0.2) is 0 Å². The van der Waals surface area contributed by atoms with Crippen LogP contribution in [0.3, 0.4) is 0 Å². The van der Waals surface area contributed by atoms with Gasteiger partial charge in [0.25, 0.3) is 0 Å². The molecule has 0 unspecified atom stereocenters. The lowest BCUT2D eigenvalue weighted by molar-refractivity contribution is 1.07. The molecule has 0 radical (unpaired) electrons. The quantitative estimate of drug-likeness (QED) is 0.708. The Labute approximate surface area is 124 Å². The van der Waals surface area contributed by atoms with Gasteiger partial charge < -0.3 is 5.73 Å². The van der Waals surface area contributed by atoms with Crippen LogP contribution >= 0.6 is 11.6 Å². The summed E-state index contributed by atoms with van der Waals surface area (Å²) in [6, 6.07) is 18.6. The third-order valence-corrected chi connectivity index (χ3v) is 3.93. The van der Waals surface area contributed by atoms with Gasteiger partial charge in [-0.25, -0.2) is 0 Å². The van der Waals surface area contributed by atoms with Crippen LogP contribution < -0.4 is 5.73 Å². The lowest BCUT2D eigenvalue weighted by Crippen LogP contribution is -2.00. The maximum Gasteiger partial charge on any atom is 0.0412 e. The molecule has 0 amide bonds. The fourth-order valence-corrected chi connectivity index (χ4v) is 2.87. The predicted octanol–water partition coefficient (Wildman–Crippen LogP) is 4.93. The van der Waals surface area contributed by atoms with Gasteiger partial charge in [0.05, 0.1) is 0 Å². The van der Waals surface area contributed by atoms with Crippen LogP contribution in [0.2, 0.25) is 5.02 Å². The van der Waals surface area contributed by atoms with E-state index in [2.05, 4.69) is 43.3 Å². The fraction of sp³-hybridized carbons (Fsp3) is 0.111. The Bertz CT molecular complexity index is 777. The molecule has 0 aromatic heterocycles. The van der Waals surface area contributed by atoms with Crippen molar-refractivity contribution in [3.05, 3.63) is 70.7 Å². The zero-order valence-corrected chi connectivity index (χ0v) is 12.1. The summed E-state index contributed by atoms with van der Waals surface area (Å²) in [5.41, 5.74) is 10.6. The molecule has 0 aliphatic heterocycles. The second-order valence-corrected chi connectivity index (χ2v) is 5.42. The molecule has 0 bridgehead atoms. The summed E-state index contributed by atoms with van der Waals surface area (Å²) in [5.74, 6) is 0. The van der Waals surface area contributed by atoms with Gasteiger partial charge in [-0.2, -0.15) is 0 Å². The Morgan fingerprint density at radius 3 is 2.60 bits per heavy atom. The molecule has 2 heteroatoms. The summed E-state index contributed by atoms with van der Waals surface area (Å²) in [6.07, 6.45) is 0. The Kier molecular flexibility index (Phi) is 3.47. The normalized spacial score (nSPS) is 10.9. The molecule has 0 spiro atoms. The molecular formula is C18H16ClN. The van der Waals surface area contributed by atoms with Crippen molar-refractivity contribution in [2.75, 3.05) is 0 Å². The van der Waals surface area contributed by atoms with Gasteiger partial charge in [-0.05, 0) is 52.1 Å².